The number of anilines is 2. The first kappa shape index (κ1) is 19.4. The Hall–Kier alpha value is -2.32. The number of halogens is 1. The van der Waals surface area contributed by atoms with Crippen LogP contribution in [-0.4, -0.2) is 41.3 Å². The van der Waals surface area contributed by atoms with Crippen molar-refractivity contribution in [2.75, 3.05) is 36.4 Å². The number of rotatable bonds is 7. The third-order valence-corrected chi connectivity index (χ3v) is 5.86. The molecule has 1 heterocycles. The molecule has 1 saturated heterocycles. The van der Waals surface area contributed by atoms with Gasteiger partial charge in [-0.15, -0.1) is 0 Å². The van der Waals surface area contributed by atoms with Crippen LogP contribution in [0.25, 0.3) is 0 Å². The highest BCUT2D eigenvalue weighted by atomic mass is 32.2. The molecule has 0 aliphatic carbocycles. The number of hydrogen-bond acceptors (Lipinski definition) is 5. The standard InChI is InChI=1S/C19H23FN2O4S/c1-3-26-19-9-8-17(12-18(19)20)27(23,24)21-14-4-6-15(7-5-14)22-11-10-16(13-22)25-2/h4-9,12,16,21H,3,10-11,13H2,1-2H3/t16-/m1/s1. The second-order valence-corrected chi connectivity index (χ2v) is 7.95. The molecule has 0 radical (unpaired) electrons. The van der Waals surface area contributed by atoms with Gasteiger partial charge >= 0.3 is 0 Å². The summed E-state index contributed by atoms with van der Waals surface area (Å²) < 4.78 is 51.9. The molecule has 6 nitrogen and oxygen atoms in total. The number of nitrogens with zero attached hydrogens (tertiary/aromatic N) is 1. The van der Waals surface area contributed by atoms with E-state index in [-0.39, 0.29) is 16.7 Å². The van der Waals surface area contributed by atoms with Crippen LogP contribution in [0, 0.1) is 5.82 Å². The first-order chi connectivity index (χ1) is 12.9. The van der Waals surface area contributed by atoms with Crippen LogP contribution in [0.3, 0.4) is 0 Å². The van der Waals surface area contributed by atoms with E-state index in [0.29, 0.717) is 12.3 Å². The zero-order valence-electron chi connectivity index (χ0n) is 15.3. The summed E-state index contributed by atoms with van der Waals surface area (Å²) in [5.74, 6) is -0.683. The summed E-state index contributed by atoms with van der Waals surface area (Å²) in [6.07, 6.45) is 1.19. The number of nitrogens with one attached hydrogen (secondary N) is 1. The van der Waals surface area contributed by atoms with Crippen molar-refractivity contribution in [3.8, 4) is 5.75 Å². The van der Waals surface area contributed by atoms with E-state index in [0.717, 1.165) is 31.3 Å². The molecule has 0 spiro atoms. The fraction of sp³-hybridized carbons (Fsp3) is 0.368. The molecule has 0 amide bonds. The molecule has 1 aliphatic heterocycles. The van der Waals surface area contributed by atoms with E-state index in [4.69, 9.17) is 9.47 Å². The number of benzene rings is 2. The van der Waals surface area contributed by atoms with Gasteiger partial charge < -0.3 is 14.4 Å². The molecule has 1 N–H and O–H groups in total. The molecule has 146 valence electrons. The minimum atomic E-state index is -3.89. The van der Waals surface area contributed by atoms with E-state index in [1.165, 1.54) is 12.1 Å². The van der Waals surface area contributed by atoms with E-state index in [9.17, 15) is 12.8 Å². The zero-order valence-corrected chi connectivity index (χ0v) is 16.1. The summed E-state index contributed by atoms with van der Waals surface area (Å²) >= 11 is 0. The predicted molar refractivity (Wildman–Crippen MR) is 102 cm³/mol. The maximum atomic E-state index is 14.0. The van der Waals surface area contributed by atoms with E-state index in [2.05, 4.69) is 9.62 Å². The summed E-state index contributed by atoms with van der Waals surface area (Å²) in [6, 6.07) is 10.7. The summed E-state index contributed by atoms with van der Waals surface area (Å²) in [5.41, 5.74) is 1.42. The fourth-order valence-corrected chi connectivity index (χ4v) is 4.10. The van der Waals surface area contributed by atoms with Gasteiger partial charge in [0.1, 0.15) is 0 Å². The second kappa shape index (κ2) is 8.14. The molecule has 2 aromatic carbocycles. The van der Waals surface area contributed by atoms with Crippen LogP contribution in [0.4, 0.5) is 15.8 Å². The monoisotopic (exact) mass is 394 g/mol. The van der Waals surface area contributed by atoms with Crippen LogP contribution in [0.1, 0.15) is 13.3 Å². The van der Waals surface area contributed by atoms with Crippen molar-refractivity contribution in [1.82, 2.24) is 0 Å². The van der Waals surface area contributed by atoms with Crippen molar-refractivity contribution in [1.29, 1.82) is 0 Å². The molecule has 1 atom stereocenters. The molecule has 2 aromatic rings. The topological polar surface area (TPSA) is 67.9 Å². The third kappa shape index (κ3) is 4.51. The zero-order chi connectivity index (χ0) is 19.4. The van der Waals surface area contributed by atoms with Gasteiger partial charge in [-0.25, -0.2) is 12.8 Å². The van der Waals surface area contributed by atoms with Gasteiger partial charge in [-0.1, -0.05) is 0 Å². The molecule has 8 heteroatoms. The third-order valence-electron chi connectivity index (χ3n) is 4.48. The van der Waals surface area contributed by atoms with Gasteiger partial charge in [-0.2, -0.15) is 0 Å². The van der Waals surface area contributed by atoms with Crippen LogP contribution >= 0.6 is 0 Å². The van der Waals surface area contributed by atoms with Crippen LogP contribution in [0.5, 0.6) is 5.75 Å². The highest BCUT2D eigenvalue weighted by Crippen LogP contribution is 2.26. The van der Waals surface area contributed by atoms with Crippen LogP contribution < -0.4 is 14.4 Å². The van der Waals surface area contributed by atoms with Crippen molar-refractivity contribution in [3.05, 3.63) is 48.3 Å². The Kier molecular flexibility index (Phi) is 5.86. The van der Waals surface area contributed by atoms with Crippen molar-refractivity contribution in [2.24, 2.45) is 0 Å². The molecule has 1 aliphatic rings. The van der Waals surface area contributed by atoms with Crippen molar-refractivity contribution in [3.63, 3.8) is 0 Å². The first-order valence-electron chi connectivity index (χ1n) is 8.76. The molecular weight excluding hydrogens is 371 g/mol. The van der Waals surface area contributed by atoms with Crippen molar-refractivity contribution < 1.29 is 22.3 Å². The van der Waals surface area contributed by atoms with Gasteiger partial charge in [0.15, 0.2) is 11.6 Å². The fourth-order valence-electron chi connectivity index (χ4n) is 3.03. The lowest BCUT2D eigenvalue weighted by molar-refractivity contribution is 0.121. The first-order valence-corrected chi connectivity index (χ1v) is 10.2. The maximum Gasteiger partial charge on any atom is 0.262 e. The molecular formula is C19H23FN2O4S. The number of sulfonamides is 1. The average Bonchev–Trinajstić information content (AvgIpc) is 3.13. The molecule has 0 unspecified atom stereocenters. The SMILES string of the molecule is CCOc1ccc(S(=O)(=O)Nc2ccc(N3CC[C@@H](OC)C3)cc2)cc1F. The molecule has 1 fully saturated rings. The maximum absolute atomic E-state index is 14.0. The Morgan fingerprint density at radius 3 is 2.56 bits per heavy atom. The van der Waals surface area contributed by atoms with Crippen molar-refractivity contribution >= 4 is 21.4 Å². The summed E-state index contributed by atoms with van der Waals surface area (Å²) in [6.45, 7) is 3.74. The quantitative estimate of drug-likeness (QED) is 0.781. The Labute approximate surface area is 159 Å². The molecule has 0 aromatic heterocycles. The molecule has 27 heavy (non-hydrogen) atoms. The Morgan fingerprint density at radius 2 is 1.96 bits per heavy atom. The largest absolute Gasteiger partial charge is 0.491 e. The van der Waals surface area contributed by atoms with E-state index in [1.54, 1.807) is 26.2 Å². The van der Waals surface area contributed by atoms with Gasteiger partial charge in [-0.3, -0.25) is 4.72 Å². The average molecular weight is 394 g/mol. The van der Waals surface area contributed by atoms with Gasteiger partial charge in [0.05, 0.1) is 17.6 Å². The molecule has 0 bridgehead atoms. The Balaban J connectivity index is 1.71. The highest BCUT2D eigenvalue weighted by molar-refractivity contribution is 7.92. The van der Waals surface area contributed by atoms with E-state index in [1.807, 2.05) is 12.1 Å². The predicted octanol–water partition coefficient (Wildman–Crippen LogP) is 3.25. The second-order valence-electron chi connectivity index (χ2n) is 6.27. The van der Waals surface area contributed by atoms with Crippen molar-refractivity contribution in [2.45, 2.75) is 24.3 Å². The Bertz CT molecular complexity index is 887. The van der Waals surface area contributed by atoms with Crippen LogP contribution in [0.15, 0.2) is 47.4 Å². The number of hydrogen-bond donors (Lipinski definition) is 1. The Morgan fingerprint density at radius 1 is 1.22 bits per heavy atom. The minimum Gasteiger partial charge on any atom is -0.491 e. The number of methoxy groups -OCH3 is 1. The van der Waals surface area contributed by atoms with Gasteiger partial charge in [0.2, 0.25) is 0 Å². The lowest BCUT2D eigenvalue weighted by atomic mass is 10.2. The summed E-state index contributed by atoms with van der Waals surface area (Å²) in [4.78, 5) is 2.03. The van der Waals surface area contributed by atoms with Gasteiger partial charge in [-0.05, 0) is 55.8 Å². The van der Waals surface area contributed by atoms with Gasteiger partial charge in [0.25, 0.3) is 10.0 Å². The summed E-state index contributed by atoms with van der Waals surface area (Å²) in [5, 5.41) is 0. The smallest absolute Gasteiger partial charge is 0.262 e. The lowest BCUT2D eigenvalue weighted by Crippen LogP contribution is -2.22. The summed E-state index contributed by atoms with van der Waals surface area (Å²) in [7, 11) is -2.19. The van der Waals surface area contributed by atoms with Gasteiger partial charge in [0, 0.05) is 31.6 Å². The van der Waals surface area contributed by atoms with E-state index < -0.39 is 15.8 Å². The lowest BCUT2D eigenvalue weighted by Gasteiger charge is -2.19. The molecule has 0 saturated carbocycles. The highest BCUT2D eigenvalue weighted by Gasteiger charge is 2.22. The normalized spacial score (nSPS) is 17.1. The minimum absolute atomic E-state index is 0.0285. The molecule has 3 rings (SSSR count). The van der Waals surface area contributed by atoms with Crippen LogP contribution in [0.2, 0.25) is 0 Å². The van der Waals surface area contributed by atoms with Crippen LogP contribution in [-0.2, 0) is 14.8 Å². The van der Waals surface area contributed by atoms with E-state index >= 15 is 0 Å². The number of ether oxygens (including phenoxy) is 2.